The lowest BCUT2D eigenvalue weighted by atomic mass is 9.83. The van der Waals surface area contributed by atoms with Crippen molar-refractivity contribution >= 4 is 5.91 Å². The summed E-state index contributed by atoms with van der Waals surface area (Å²) in [6.07, 6.45) is -2.43. The van der Waals surface area contributed by atoms with Crippen LogP contribution < -0.4 is 0 Å². The fraction of sp³-hybridized carbons (Fsp3) is 0.789. The summed E-state index contributed by atoms with van der Waals surface area (Å²) < 4.78 is 49.1. The third kappa shape index (κ3) is 5.49. The van der Waals surface area contributed by atoms with Crippen molar-refractivity contribution in [3.63, 3.8) is 0 Å². The van der Waals surface area contributed by atoms with Crippen molar-refractivity contribution in [3.05, 3.63) is 17.7 Å². The van der Waals surface area contributed by atoms with Gasteiger partial charge in [-0.15, -0.1) is 0 Å². The maximum atomic E-state index is 12.7. The molecule has 2 saturated heterocycles. The minimum absolute atomic E-state index is 0.0768. The highest BCUT2D eigenvalue weighted by molar-refractivity contribution is 5.76. The number of hydrogen-bond donors (Lipinski definition) is 1. The lowest BCUT2D eigenvalue weighted by Crippen LogP contribution is -2.42. The second-order valence-corrected chi connectivity index (χ2v) is 7.73. The molecule has 0 aromatic carbocycles. The van der Waals surface area contributed by atoms with Crippen LogP contribution in [0, 0.1) is 11.8 Å². The van der Waals surface area contributed by atoms with E-state index in [2.05, 4.69) is 14.9 Å². The summed E-state index contributed by atoms with van der Waals surface area (Å²) in [7, 11) is 1.61. The Morgan fingerprint density at radius 3 is 2.93 bits per heavy atom. The number of nitrogens with zero attached hydrogens (tertiary/aromatic N) is 3. The highest BCUT2D eigenvalue weighted by Crippen LogP contribution is 2.36. The Morgan fingerprint density at radius 2 is 2.28 bits per heavy atom. The molecule has 29 heavy (non-hydrogen) atoms. The van der Waals surface area contributed by atoms with Gasteiger partial charge in [0.05, 0.1) is 38.5 Å². The Kier molecular flexibility index (Phi) is 7.18. The zero-order valence-electron chi connectivity index (χ0n) is 16.9. The highest BCUT2D eigenvalue weighted by Gasteiger charge is 2.42. The van der Waals surface area contributed by atoms with Crippen molar-refractivity contribution in [3.8, 4) is 0 Å². The molecule has 2 aliphatic rings. The van der Waals surface area contributed by atoms with Crippen LogP contribution in [0.3, 0.4) is 0 Å². The van der Waals surface area contributed by atoms with E-state index in [1.54, 1.807) is 12.0 Å². The molecule has 0 saturated carbocycles. The van der Waals surface area contributed by atoms with Crippen molar-refractivity contribution < 1.29 is 27.4 Å². The van der Waals surface area contributed by atoms with Gasteiger partial charge in [0, 0.05) is 32.7 Å². The predicted molar refractivity (Wildman–Crippen MR) is 99.0 cm³/mol. The number of halogens is 3. The van der Waals surface area contributed by atoms with E-state index in [-0.39, 0.29) is 17.9 Å². The summed E-state index contributed by atoms with van der Waals surface area (Å²) in [6.45, 7) is 6.08. The van der Waals surface area contributed by atoms with Crippen molar-refractivity contribution in [1.29, 1.82) is 0 Å². The van der Waals surface area contributed by atoms with Gasteiger partial charge in [-0.3, -0.25) is 9.69 Å². The second kappa shape index (κ2) is 9.44. The predicted octanol–water partition coefficient (Wildman–Crippen LogP) is 2.15. The number of nitrogens with one attached hydrogen (secondary N) is 1. The van der Waals surface area contributed by atoms with Gasteiger partial charge in [0.25, 0.3) is 0 Å². The first-order chi connectivity index (χ1) is 13.8. The molecular formula is C19H29F3N4O3. The molecule has 0 spiro atoms. The van der Waals surface area contributed by atoms with Crippen LogP contribution in [0.15, 0.2) is 6.20 Å². The van der Waals surface area contributed by atoms with Gasteiger partial charge in [-0.05, 0) is 25.8 Å². The summed E-state index contributed by atoms with van der Waals surface area (Å²) >= 11 is 0. The minimum atomic E-state index is -4.41. The van der Waals surface area contributed by atoms with Gasteiger partial charge < -0.3 is 19.4 Å². The average Bonchev–Trinajstić information content (AvgIpc) is 3.29. The molecule has 2 fully saturated rings. The number of H-pyrrole nitrogens is 1. The van der Waals surface area contributed by atoms with Gasteiger partial charge in [0.1, 0.15) is 11.5 Å². The number of carbonyl (C=O) groups excluding carboxylic acids is 1. The molecule has 3 heterocycles. The number of ether oxygens (including phenoxy) is 2. The Morgan fingerprint density at radius 1 is 1.48 bits per heavy atom. The number of alkyl halides is 3. The number of methoxy groups -OCH3 is 1. The number of imidazole rings is 1. The SMILES string of the molecule is CCN(CCOC)C(=O)C[C@@H]1OC[C@H]2CN(Cc3ncc(C(F)(F)F)[nH]3)CC[C@H]21. The normalized spacial score (nSPS) is 25.2. The van der Waals surface area contributed by atoms with Crippen LogP contribution in [0.5, 0.6) is 0 Å². The number of aromatic nitrogens is 2. The molecular weight excluding hydrogens is 389 g/mol. The van der Waals surface area contributed by atoms with Crippen LogP contribution in [-0.4, -0.2) is 78.3 Å². The van der Waals surface area contributed by atoms with E-state index in [9.17, 15) is 18.0 Å². The molecule has 164 valence electrons. The maximum absolute atomic E-state index is 12.7. The first-order valence-corrected chi connectivity index (χ1v) is 10.0. The van der Waals surface area contributed by atoms with Crippen molar-refractivity contribution in [2.75, 3.05) is 46.5 Å². The molecule has 2 aliphatic heterocycles. The largest absolute Gasteiger partial charge is 0.432 e. The van der Waals surface area contributed by atoms with Crippen LogP contribution in [0.4, 0.5) is 13.2 Å². The molecule has 0 unspecified atom stereocenters. The van der Waals surface area contributed by atoms with Gasteiger partial charge in [-0.2, -0.15) is 13.2 Å². The summed E-state index contributed by atoms with van der Waals surface area (Å²) in [4.78, 5) is 22.7. The Bertz CT molecular complexity index is 682. The lowest BCUT2D eigenvalue weighted by Gasteiger charge is -2.35. The number of carbonyl (C=O) groups is 1. The van der Waals surface area contributed by atoms with Crippen LogP contribution in [0.1, 0.15) is 31.3 Å². The fourth-order valence-corrected chi connectivity index (χ4v) is 4.28. The minimum Gasteiger partial charge on any atom is -0.383 e. The van der Waals surface area contributed by atoms with Crippen molar-refractivity contribution in [1.82, 2.24) is 19.8 Å². The molecule has 0 aliphatic carbocycles. The fourth-order valence-electron chi connectivity index (χ4n) is 4.28. The number of likely N-dealkylation sites (tertiary alicyclic amines) is 1. The Hall–Kier alpha value is -1.65. The molecule has 1 aromatic rings. The molecule has 0 bridgehead atoms. The Labute approximate surface area is 168 Å². The van der Waals surface area contributed by atoms with E-state index in [1.807, 2.05) is 6.92 Å². The topological polar surface area (TPSA) is 70.7 Å². The van der Waals surface area contributed by atoms with E-state index >= 15 is 0 Å². The third-order valence-electron chi connectivity index (χ3n) is 5.86. The quantitative estimate of drug-likeness (QED) is 0.701. The number of likely N-dealkylation sites (N-methyl/N-ethyl adjacent to an activating group) is 1. The van der Waals surface area contributed by atoms with Crippen molar-refractivity contribution in [2.45, 2.75) is 38.6 Å². The van der Waals surface area contributed by atoms with E-state index in [0.29, 0.717) is 51.0 Å². The van der Waals surface area contributed by atoms with E-state index in [4.69, 9.17) is 9.47 Å². The summed E-state index contributed by atoms with van der Waals surface area (Å²) in [6, 6.07) is 0. The van der Waals surface area contributed by atoms with E-state index in [1.165, 1.54) is 0 Å². The van der Waals surface area contributed by atoms with Crippen LogP contribution in [-0.2, 0) is 27.0 Å². The lowest BCUT2D eigenvalue weighted by molar-refractivity contribution is -0.141. The monoisotopic (exact) mass is 418 g/mol. The van der Waals surface area contributed by atoms with Gasteiger partial charge in [0.15, 0.2) is 0 Å². The van der Waals surface area contributed by atoms with Gasteiger partial charge >= 0.3 is 6.18 Å². The van der Waals surface area contributed by atoms with Crippen LogP contribution in [0.25, 0.3) is 0 Å². The standard InChI is InChI=1S/C19H29F3N4O3/c1-3-26(6-7-28-2)18(27)8-15-14-4-5-25(10-13(14)12-29-15)11-17-23-9-16(24-17)19(20,21)22/h9,13-15H,3-8,10-12H2,1-2H3,(H,23,24)/t13-,14-,15+/m1/s1. The molecule has 1 N–H and O–H groups in total. The number of fused-ring (bicyclic) bond motifs is 1. The molecule has 7 nitrogen and oxygen atoms in total. The second-order valence-electron chi connectivity index (χ2n) is 7.73. The maximum Gasteiger partial charge on any atom is 0.432 e. The van der Waals surface area contributed by atoms with Crippen molar-refractivity contribution in [2.24, 2.45) is 11.8 Å². The summed E-state index contributed by atoms with van der Waals surface area (Å²) in [5.74, 6) is 0.984. The highest BCUT2D eigenvalue weighted by atomic mass is 19.4. The van der Waals surface area contributed by atoms with Gasteiger partial charge in [-0.25, -0.2) is 4.98 Å². The molecule has 0 radical (unpaired) electrons. The average molecular weight is 418 g/mol. The Balaban J connectivity index is 1.50. The van der Waals surface area contributed by atoms with Crippen LogP contribution >= 0.6 is 0 Å². The van der Waals surface area contributed by atoms with E-state index in [0.717, 1.165) is 25.7 Å². The van der Waals surface area contributed by atoms with Crippen LogP contribution in [0.2, 0.25) is 0 Å². The first kappa shape index (κ1) is 22.0. The molecule has 10 heteroatoms. The smallest absolute Gasteiger partial charge is 0.383 e. The molecule has 3 rings (SSSR count). The van der Waals surface area contributed by atoms with Gasteiger partial charge in [0.2, 0.25) is 5.91 Å². The number of amides is 1. The third-order valence-corrected chi connectivity index (χ3v) is 5.86. The molecule has 1 amide bonds. The number of piperidine rings is 1. The van der Waals surface area contributed by atoms with E-state index < -0.39 is 11.9 Å². The number of aromatic amines is 1. The number of hydrogen-bond acceptors (Lipinski definition) is 5. The first-order valence-electron chi connectivity index (χ1n) is 10.0. The zero-order chi connectivity index (χ0) is 21.0. The van der Waals surface area contributed by atoms with Gasteiger partial charge in [-0.1, -0.05) is 0 Å². The zero-order valence-corrected chi connectivity index (χ0v) is 16.9. The molecule has 3 atom stereocenters. The summed E-state index contributed by atoms with van der Waals surface area (Å²) in [5, 5.41) is 0. The molecule has 1 aromatic heterocycles. The summed E-state index contributed by atoms with van der Waals surface area (Å²) in [5.41, 5.74) is -0.820. The number of rotatable bonds is 8.